The fourth-order valence-corrected chi connectivity index (χ4v) is 4.13. The summed E-state index contributed by atoms with van der Waals surface area (Å²) in [5.41, 5.74) is 2.59. The highest BCUT2D eigenvalue weighted by molar-refractivity contribution is 7.07. The fraction of sp³-hybridized carbons (Fsp3) is 0.529. The lowest BCUT2D eigenvalue weighted by molar-refractivity contribution is -0.134. The van der Waals surface area contributed by atoms with Crippen LogP contribution in [0.4, 0.5) is 0 Å². The third-order valence-electron chi connectivity index (χ3n) is 4.93. The molecular weight excluding hydrogens is 308 g/mol. The summed E-state index contributed by atoms with van der Waals surface area (Å²) in [7, 11) is 1.93. The SMILES string of the molecule is Cn1cc(C2CC2C(=O)N2CCN(Cc3ccsc3)CC2)cn1. The number of carbonyl (C=O) groups is 1. The van der Waals surface area contributed by atoms with Crippen LogP contribution in [0.2, 0.25) is 0 Å². The van der Waals surface area contributed by atoms with E-state index in [1.54, 1.807) is 11.3 Å². The van der Waals surface area contributed by atoms with Crippen molar-refractivity contribution in [1.82, 2.24) is 19.6 Å². The maximum absolute atomic E-state index is 12.7. The minimum Gasteiger partial charge on any atom is -0.340 e. The average Bonchev–Trinajstić information content (AvgIpc) is 2.96. The van der Waals surface area contributed by atoms with Crippen molar-refractivity contribution >= 4 is 17.2 Å². The van der Waals surface area contributed by atoms with E-state index in [1.807, 2.05) is 24.1 Å². The van der Waals surface area contributed by atoms with E-state index in [2.05, 4.69) is 31.7 Å². The van der Waals surface area contributed by atoms with Crippen LogP contribution in [0.1, 0.15) is 23.5 Å². The van der Waals surface area contributed by atoms with Crippen LogP contribution >= 0.6 is 11.3 Å². The van der Waals surface area contributed by atoms with Gasteiger partial charge in [0.15, 0.2) is 0 Å². The molecule has 2 aromatic rings. The van der Waals surface area contributed by atoms with E-state index in [1.165, 1.54) is 11.1 Å². The van der Waals surface area contributed by atoms with Gasteiger partial charge in [-0.15, -0.1) is 0 Å². The van der Waals surface area contributed by atoms with Crippen LogP contribution in [-0.4, -0.2) is 51.7 Å². The zero-order valence-electron chi connectivity index (χ0n) is 13.4. The van der Waals surface area contributed by atoms with Crippen molar-refractivity contribution in [2.45, 2.75) is 18.9 Å². The molecule has 0 aromatic carbocycles. The maximum Gasteiger partial charge on any atom is 0.226 e. The fourth-order valence-electron chi connectivity index (χ4n) is 3.47. The highest BCUT2D eigenvalue weighted by Gasteiger charge is 2.46. The molecule has 2 unspecified atom stereocenters. The van der Waals surface area contributed by atoms with E-state index in [9.17, 15) is 4.79 Å². The van der Waals surface area contributed by atoms with Gasteiger partial charge in [0, 0.05) is 51.9 Å². The number of aryl methyl sites for hydroxylation is 1. The minimum absolute atomic E-state index is 0.183. The van der Waals surface area contributed by atoms with E-state index in [0.717, 1.165) is 39.1 Å². The lowest BCUT2D eigenvalue weighted by atomic mass is 10.1. The molecule has 4 rings (SSSR count). The highest BCUT2D eigenvalue weighted by atomic mass is 32.1. The first-order chi connectivity index (χ1) is 11.2. The molecule has 122 valence electrons. The number of carbonyl (C=O) groups excluding carboxylic acids is 1. The van der Waals surface area contributed by atoms with Crippen molar-refractivity contribution in [3.63, 3.8) is 0 Å². The molecular formula is C17H22N4OS. The summed E-state index contributed by atoms with van der Waals surface area (Å²) in [5.74, 6) is 0.914. The molecule has 1 saturated heterocycles. The zero-order chi connectivity index (χ0) is 15.8. The number of nitrogens with zero attached hydrogens (tertiary/aromatic N) is 4. The Labute approximate surface area is 140 Å². The predicted octanol–water partition coefficient (Wildman–Crippen LogP) is 1.93. The minimum atomic E-state index is 0.183. The molecule has 2 aromatic heterocycles. The van der Waals surface area contributed by atoms with Crippen LogP contribution < -0.4 is 0 Å². The summed E-state index contributed by atoms with van der Waals surface area (Å²) in [6.07, 6.45) is 4.92. The van der Waals surface area contributed by atoms with Gasteiger partial charge in [0.1, 0.15) is 0 Å². The third-order valence-corrected chi connectivity index (χ3v) is 5.66. The second-order valence-electron chi connectivity index (χ2n) is 6.63. The molecule has 1 amide bonds. The lowest BCUT2D eigenvalue weighted by Gasteiger charge is -2.34. The number of piperazine rings is 1. The molecule has 1 aliphatic carbocycles. The Balaban J connectivity index is 1.28. The quantitative estimate of drug-likeness (QED) is 0.860. The van der Waals surface area contributed by atoms with Crippen LogP contribution in [-0.2, 0) is 18.4 Å². The van der Waals surface area contributed by atoms with Gasteiger partial charge in [0.25, 0.3) is 0 Å². The summed E-state index contributed by atoms with van der Waals surface area (Å²) in [6.45, 7) is 4.68. The summed E-state index contributed by atoms with van der Waals surface area (Å²) < 4.78 is 1.82. The van der Waals surface area contributed by atoms with Gasteiger partial charge in [-0.2, -0.15) is 16.4 Å². The largest absolute Gasteiger partial charge is 0.340 e. The molecule has 0 radical (unpaired) electrons. The summed E-state index contributed by atoms with van der Waals surface area (Å²) in [5, 5.41) is 8.55. The standard InChI is InChI=1S/C17H22N4OS/c1-19-11-14(9-18-19)15-8-16(15)17(22)21-5-3-20(4-6-21)10-13-2-7-23-12-13/h2,7,9,11-12,15-16H,3-6,8,10H2,1H3. The lowest BCUT2D eigenvalue weighted by Crippen LogP contribution is -2.48. The Morgan fingerprint density at radius 2 is 2.17 bits per heavy atom. The van der Waals surface area contributed by atoms with Gasteiger partial charge in [-0.05, 0) is 40.3 Å². The van der Waals surface area contributed by atoms with E-state index in [4.69, 9.17) is 0 Å². The number of rotatable bonds is 4. The number of hydrogen-bond donors (Lipinski definition) is 0. The van der Waals surface area contributed by atoms with E-state index in [-0.39, 0.29) is 5.92 Å². The van der Waals surface area contributed by atoms with Crippen molar-refractivity contribution in [2.75, 3.05) is 26.2 Å². The zero-order valence-corrected chi connectivity index (χ0v) is 14.2. The van der Waals surface area contributed by atoms with Gasteiger partial charge in [-0.1, -0.05) is 0 Å². The molecule has 3 heterocycles. The molecule has 5 nitrogen and oxygen atoms in total. The summed E-state index contributed by atoms with van der Waals surface area (Å²) in [4.78, 5) is 17.2. The van der Waals surface area contributed by atoms with Crippen LogP contribution in [0.15, 0.2) is 29.2 Å². The molecule has 2 aliphatic rings. The van der Waals surface area contributed by atoms with Gasteiger partial charge in [-0.25, -0.2) is 0 Å². The smallest absolute Gasteiger partial charge is 0.226 e. The van der Waals surface area contributed by atoms with Crippen molar-refractivity contribution in [3.05, 3.63) is 40.3 Å². The molecule has 1 saturated carbocycles. The Morgan fingerprint density at radius 3 is 2.83 bits per heavy atom. The summed E-state index contributed by atoms with van der Waals surface area (Å²) >= 11 is 1.75. The van der Waals surface area contributed by atoms with Crippen molar-refractivity contribution in [2.24, 2.45) is 13.0 Å². The highest BCUT2D eigenvalue weighted by Crippen LogP contribution is 2.48. The number of aromatic nitrogens is 2. The molecule has 0 N–H and O–H groups in total. The first kappa shape index (κ1) is 14.9. The summed E-state index contributed by atoms with van der Waals surface area (Å²) in [6, 6.07) is 2.19. The molecule has 6 heteroatoms. The van der Waals surface area contributed by atoms with Crippen LogP contribution in [0.25, 0.3) is 0 Å². The molecule has 23 heavy (non-hydrogen) atoms. The number of thiophene rings is 1. The monoisotopic (exact) mass is 330 g/mol. The van der Waals surface area contributed by atoms with Crippen LogP contribution in [0.5, 0.6) is 0 Å². The predicted molar refractivity (Wildman–Crippen MR) is 90.2 cm³/mol. The van der Waals surface area contributed by atoms with Gasteiger partial charge in [0.05, 0.1) is 6.20 Å². The van der Waals surface area contributed by atoms with Gasteiger partial charge < -0.3 is 4.90 Å². The average molecular weight is 330 g/mol. The Bertz CT molecular complexity index is 673. The van der Waals surface area contributed by atoms with Gasteiger partial charge in [-0.3, -0.25) is 14.4 Å². The molecule has 2 atom stereocenters. The Morgan fingerprint density at radius 1 is 1.35 bits per heavy atom. The molecule has 1 aliphatic heterocycles. The van der Waals surface area contributed by atoms with E-state index in [0.29, 0.717) is 11.8 Å². The number of amides is 1. The first-order valence-electron chi connectivity index (χ1n) is 8.21. The third kappa shape index (κ3) is 3.19. The molecule has 0 spiro atoms. The van der Waals surface area contributed by atoms with Crippen molar-refractivity contribution < 1.29 is 4.79 Å². The normalized spacial score (nSPS) is 24.8. The van der Waals surface area contributed by atoms with Gasteiger partial charge >= 0.3 is 0 Å². The Hall–Kier alpha value is -1.66. The number of hydrogen-bond acceptors (Lipinski definition) is 4. The molecule has 2 fully saturated rings. The Kier molecular flexibility index (Phi) is 3.95. The topological polar surface area (TPSA) is 41.4 Å². The first-order valence-corrected chi connectivity index (χ1v) is 9.16. The van der Waals surface area contributed by atoms with E-state index < -0.39 is 0 Å². The van der Waals surface area contributed by atoms with Crippen LogP contribution in [0, 0.1) is 5.92 Å². The maximum atomic E-state index is 12.7. The van der Waals surface area contributed by atoms with Crippen molar-refractivity contribution in [1.29, 1.82) is 0 Å². The van der Waals surface area contributed by atoms with Crippen molar-refractivity contribution in [3.8, 4) is 0 Å². The second-order valence-corrected chi connectivity index (χ2v) is 7.41. The van der Waals surface area contributed by atoms with Crippen LogP contribution in [0.3, 0.4) is 0 Å². The van der Waals surface area contributed by atoms with Gasteiger partial charge in [0.2, 0.25) is 5.91 Å². The second kappa shape index (κ2) is 6.09. The molecule has 0 bridgehead atoms. The van der Waals surface area contributed by atoms with E-state index >= 15 is 0 Å².